The van der Waals surface area contributed by atoms with Gasteiger partial charge in [-0.15, -0.1) is 0 Å². The molecule has 0 fully saturated rings. The number of hydrogen-bond acceptors (Lipinski definition) is 4. The maximum absolute atomic E-state index is 11.9. The number of aromatic amines is 2. The zero-order chi connectivity index (χ0) is 16.9. The molecule has 3 rings (SSSR count). The van der Waals surface area contributed by atoms with Crippen LogP contribution in [-0.4, -0.2) is 40.5 Å². The number of nitrogens with one attached hydrogen (secondary N) is 2. The number of nitrogens with zero attached hydrogens (tertiary/aromatic N) is 1. The Balaban J connectivity index is 1.69. The van der Waals surface area contributed by atoms with Crippen LogP contribution in [0.2, 0.25) is 0 Å². The molecule has 0 spiro atoms. The number of rotatable bonds is 5. The summed E-state index contributed by atoms with van der Waals surface area (Å²) in [4.78, 5) is 30.9. The molecule has 1 aliphatic rings. The number of benzene rings is 1. The highest BCUT2D eigenvalue weighted by Gasteiger charge is 2.20. The molecule has 24 heavy (non-hydrogen) atoms. The first-order valence-corrected chi connectivity index (χ1v) is 8.12. The summed E-state index contributed by atoms with van der Waals surface area (Å²) >= 11 is 0. The van der Waals surface area contributed by atoms with Crippen LogP contribution in [0.3, 0.4) is 0 Å². The first kappa shape index (κ1) is 16.3. The van der Waals surface area contributed by atoms with Crippen LogP contribution in [-0.2, 0) is 11.3 Å². The highest BCUT2D eigenvalue weighted by atomic mass is 16.5. The Labute approximate surface area is 140 Å². The van der Waals surface area contributed by atoms with Crippen LogP contribution in [0, 0.1) is 0 Å². The van der Waals surface area contributed by atoms with Crippen LogP contribution in [0.4, 0.5) is 0 Å². The van der Waals surface area contributed by atoms with Gasteiger partial charge >= 0.3 is 11.7 Å². The van der Waals surface area contributed by atoms with Gasteiger partial charge in [-0.3, -0.25) is 9.88 Å². The smallest absolute Gasteiger partial charge is 0.356 e. The second kappa shape index (κ2) is 7.31. The van der Waals surface area contributed by atoms with Crippen molar-refractivity contribution in [1.29, 1.82) is 0 Å². The van der Waals surface area contributed by atoms with Gasteiger partial charge in [-0.05, 0) is 24.5 Å². The average molecular weight is 327 g/mol. The van der Waals surface area contributed by atoms with E-state index < -0.39 is 5.97 Å². The number of hydrogen-bond donors (Lipinski definition) is 2. The van der Waals surface area contributed by atoms with Gasteiger partial charge in [-0.2, -0.15) is 0 Å². The third kappa shape index (κ3) is 3.65. The van der Waals surface area contributed by atoms with E-state index in [-0.39, 0.29) is 18.0 Å². The van der Waals surface area contributed by atoms with Gasteiger partial charge in [-0.25, -0.2) is 9.59 Å². The first-order chi connectivity index (χ1) is 11.7. The standard InChI is InChI=1S/C18H21N3O3/c1-2-24-17(22)16-15(19-18(23)20-16)12-21-10-8-14(9-11-21)13-6-4-3-5-7-13/h3-8H,2,9-12H2,1H3,(H2,19,20,23). The summed E-state index contributed by atoms with van der Waals surface area (Å²) in [6.07, 6.45) is 3.14. The Bertz CT molecular complexity index is 789. The topological polar surface area (TPSA) is 78.2 Å². The molecule has 2 aromatic rings. The normalized spacial score (nSPS) is 15.1. The molecule has 2 N–H and O–H groups in total. The third-order valence-corrected chi connectivity index (χ3v) is 4.10. The van der Waals surface area contributed by atoms with Crippen molar-refractivity contribution in [2.24, 2.45) is 0 Å². The zero-order valence-corrected chi connectivity index (χ0v) is 13.7. The maximum Gasteiger partial charge on any atom is 0.356 e. The predicted octanol–water partition coefficient (Wildman–Crippen LogP) is 2.17. The average Bonchev–Trinajstić information content (AvgIpc) is 2.97. The molecule has 6 heteroatoms. The summed E-state index contributed by atoms with van der Waals surface area (Å²) in [5, 5.41) is 0. The second-order valence-corrected chi connectivity index (χ2v) is 5.73. The molecule has 0 radical (unpaired) electrons. The van der Waals surface area contributed by atoms with Gasteiger partial charge in [0.2, 0.25) is 0 Å². The number of ether oxygens (including phenoxy) is 1. The number of imidazole rings is 1. The van der Waals surface area contributed by atoms with E-state index in [0.717, 1.165) is 19.5 Å². The van der Waals surface area contributed by atoms with Gasteiger partial charge in [0, 0.05) is 19.6 Å². The fourth-order valence-corrected chi connectivity index (χ4v) is 2.91. The van der Waals surface area contributed by atoms with Crippen molar-refractivity contribution in [2.75, 3.05) is 19.7 Å². The Hall–Kier alpha value is -2.60. The number of H-pyrrole nitrogens is 2. The quantitative estimate of drug-likeness (QED) is 0.825. The number of aromatic nitrogens is 2. The van der Waals surface area contributed by atoms with E-state index in [1.165, 1.54) is 11.1 Å². The summed E-state index contributed by atoms with van der Waals surface area (Å²) < 4.78 is 4.99. The van der Waals surface area contributed by atoms with Gasteiger partial charge in [0.05, 0.1) is 12.3 Å². The lowest BCUT2D eigenvalue weighted by Gasteiger charge is -2.26. The molecule has 0 atom stereocenters. The zero-order valence-electron chi connectivity index (χ0n) is 13.7. The van der Waals surface area contributed by atoms with E-state index >= 15 is 0 Å². The lowest BCUT2D eigenvalue weighted by Crippen LogP contribution is -2.29. The van der Waals surface area contributed by atoms with Crippen molar-refractivity contribution in [3.8, 4) is 0 Å². The Morgan fingerprint density at radius 3 is 2.71 bits per heavy atom. The van der Waals surface area contributed by atoms with E-state index in [0.29, 0.717) is 12.2 Å². The molecule has 0 amide bonds. The number of carbonyl (C=O) groups is 1. The molecule has 0 aliphatic carbocycles. The molecule has 1 aromatic heterocycles. The van der Waals surface area contributed by atoms with Gasteiger partial charge in [0.15, 0.2) is 0 Å². The molecule has 2 heterocycles. The van der Waals surface area contributed by atoms with Crippen molar-refractivity contribution in [1.82, 2.24) is 14.9 Å². The fourth-order valence-electron chi connectivity index (χ4n) is 2.91. The second-order valence-electron chi connectivity index (χ2n) is 5.73. The lowest BCUT2D eigenvalue weighted by molar-refractivity contribution is 0.0517. The molecular weight excluding hydrogens is 306 g/mol. The fraction of sp³-hybridized carbons (Fsp3) is 0.333. The van der Waals surface area contributed by atoms with Gasteiger partial charge in [0.1, 0.15) is 5.69 Å². The summed E-state index contributed by atoms with van der Waals surface area (Å²) in [7, 11) is 0. The summed E-state index contributed by atoms with van der Waals surface area (Å²) in [6, 6.07) is 10.3. The highest BCUT2D eigenvalue weighted by Crippen LogP contribution is 2.22. The molecule has 0 bridgehead atoms. The molecule has 1 aliphatic heterocycles. The van der Waals surface area contributed by atoms with Crippen molar-refractivity contribution >= 4 is 11.5 Å². The molecule has 1 aromatic carbocycles. The SMILES string of the molecule is CCOC(=O)c1[nH]c(=O)[nH]c1CN1CC=C(c2ccccc2)CC1. The van der Waals surface area contributed by atoms with Gasteiger partial charge in [-0.1, -0.05) is 36.4 Å². The van der Waals surface area contributed by atoms with Crippen molar-refractivity contribution < 1.29 is 9.53 Å². The lowest BCUT2D eigenvalue weighted by atomic mass is 9.99. The maximum atomic E-state index is 11.9. The molecule has 126 valence electrons. The third-order valence-electron chi connectivity index (χ3n) is 4.10. The van der Waals surface area contributed by atoms with Crippen LogP contribution in [0.15, 0.2) is 41.2 Å². The minimum absolute atomic E-state index is 0.222. The Kier molecular flexibility index (Phi) is 4.96. The van der Waals surface area contributed by atoms with Crippen molar-refractivity contribution in [3.63, 3.8) is 0 Å². The summed E-state index contributed by atoms with van der Waals surface area (Å²) in [5.41, 5.74) is 3.00. The van der Waals surface area contributed by atoms with Crippen molar-refractivity contribution in [2.45, 2.75) is 19.9 Å². The van der Waals surface area contributed by atoms with E-state index in [9.17, 15) is 9.59 Å². The predicted molar refractivity (Wildman–Crippen MR) is 91.7 cm³/mol. The van der Waals surface area contributed by atoms with E-state index in [4.69, 9.17) is 4.74 Å². The van der Waals surface area contributed by atoms with E-state index in [1.807, 2.05) is 18.2 Å². The van der Waals surface area contributed by atoms with Crippen LogP contribution < -0.4 is 5.69 Å². The monoisotopic (exact) mass is 327 g/mol. The molecule has 6 nitrogen and oxygen atoms in total. The minimum atomic E-state index is -0.497. The molecular formula is C18H21N3O3. The van der Waals surface area contributed by atoms with Crippen LogP contribution in [0.1, 0.15) is 35.1 Å². The summed E-state index contributed by atoms with van der Waals surface area (Å²) in [5.74, 6) is -0.497. The first-order valence-electron chi connectivity index (χ1n) is 8.12. The van der Waals surface area contributed by atoms with Gasteiger partial charge in [0.25, 0.3) is 0 Å². The highest BCUT2D eigenvalue weighted by molar-refractivity contribution is 5.88. The Morgan fingerprint density at radius 2 is 2.04 bits per heavy atom. The van der Waals surface area contributed by atoms with E-state index in [2.05, 4.69) is 33.1 Å². The summed E-state index contributed by atoms with van der Waals surface area (Å²) in [6.45, 7) is 4.17. The minimum Gasteiger partial charge on any atom is -0.461 e. The Morgan fingerprint density at radius 1 is 1.25 bits per heavy atom. The number of esters is 1. The molecule has 0 saturated heterocycles. The van der Waals surface area contributed by atoms with E-state index in [1.54, 1.807) is 6.92 Å². The number of carbonyl (C=O) groups excluding carboxylic acids is 1. The van der Waals surface area contributed by atoms with Crippen molar-refractivity contribution in [3.05, 3.63) is 63.8 Å². The van der Waals surface area contributed by atoms with Gasteiger partial charge < -0.3 is 9.72 Å². The van der Waals surface area contributed by atoms with Crippen LogP contribution in [0.25, 0.3) is 5.57 Å². The largest absolute Gasteiger partial charge is 0.461 e. The molecule has 0 unspecified atom stereocenters. The molecule has 0 saturated carbocycles. The van der Waals surface area contributed by atoms with Crippen LogP contribution in [0.5, 0.6) is 0 Å². The van der Waals surface area contributed by atoms with Crippen LogP contribution >= 0.6 is 0 Å².